The van der Waals surface area contributed by atoms with E-state index in [-0.39, 0.29) is 42.5 Å². The Morgan fingerprint density at radius 2 is 1.95 bits per heavy atom. The van der Waals surface area contributed by atoms with E-state index >= 15 is 0 Å². The number of aromatic nitrogens is 5. The maximum Gasteiger partial charge on any atom is 0.341 e. The maximum atomic E-state index is 13.7. The number of carbonyl (C=O) groups excluding carboxylic acids is 1. The normalized spacial score (nSPS) is 21.5. The van der Waals surface area contributed by atoms with E-state index in [1.165, 1.54) is 4.31 Å². The van der Waals surface area contributed by atoms with Crippen molar-refractivity contribution in [2.45, 2.75) is 56.1 Å². The first-order valence-electron chi connectivity index (χ1n) is 13.8. The van der Waals surface area contributed by atoms with E-state index in [1.54, 1.807) is 46.7 Å². The fourth-order valence-corrected chi connectivity index (χ4v) is 7.02. The van der Waals surface area contributed by atoms with Crippen molar-refractivity contribution in [3.63, 3.8) is 0 Å². The molecule has 1 saturated carbocycles. The first kappa shape index (κ1) is 27.2. The van der Waals surface area contributed by atoms with Gasteiger partial charge >= 0.3 is 5.97 Å². The number of benzene rings is 2. The summed E-state index contributed by atoms with van der Waals surface area (Å²) in [4.78, 5) is 13.1. The Labute approximate surface area is 238 Å². The van der Waals surface area contributed by atoms with Gasteiger partial charge in [0.25, 0.3) is 0 Å². The molecule has 0 radical (unpaired) electrons. The van der Waals surface area contributed by atoms with E-state index in [1.807, 2.05) is 44.4 Å². The van der Waals surface area contributed by atoms with Crippen molar-refractivity contribution in [2.24, 2.45) is 7.05 Å². The smallest absolute Gasteiger partial charge is 0.341 e. The van der Waals surface area contributed by atoms with Crippen molar-refractivity contribution in [2.75, 3.05) is 13.2 Å². The lowest BCUT2D eigenvalue weighted by molar-refractivity contribution is 0.0525. The fourth-order valence-electron chi connectivity index (χ4n) is 5.44. The van der Waals surface area contributed by atoms with Crippen molar-refractivity contribution < 1.29 is 22.7 Å². The van der Waals surface area contributed by atoms with Gasteiger partial charge in [0.05, 0.1) is 36.4 Å². The van der Waals surface area contributed by atoms with Gasteiger partial charge in [-0.25, -0.2) is 17.9 Å². The van der Waals surface area contributed by atoms with Gasteiger partial charge in [-0.05, 0) is 49.6 Å². The molecule has 2 aliphatic rings. The van der Waals surface area contributed by atoms with Crippen LogP contribution in [0.3, 0.4) is 0 Å². The van der Waals surface area contributed by atoms with Crippen molar-refractivity contribution in [1.82, 2.24) is 29.1 Å². The van der Waals surface area contributed by atoms with Crippen molar-refractivity contribution in [1.29, 1.82) is 0 Å². The maximum absolute atomic E-state index is 13.7. The molecule has 3 heterocycles. The predicted molar refractivity (Wildman–Crippen MR) is 149 cm³/mol. The number of para-hydroxylation sites is 1. The lowest BCUT2D eigenvalue weighted by atomic mass is 10.1. The predicted octanol–water partition coefficient (Wildman–Crippen LogP) is 3.81. The Morgan fingerprint density at radius 3 is 2.71 bits per heavy atom. The molecule has 4 aromatic rings. The van der Waals surface area contributed by atoms with Gasteiger partial charge in [-0.3, -0.25) is 4.68 Å². The molecule has 0 saturated heterocycles. The number of nitrogens with zero attached hydrogens (tertiary/aromatic N) is 6. The average molecular weight is 577 g/mol. The van der Waals surface area contributed by atoms with Crippen LogP contribution in [0.5, 0.6) is 5.75 Å². The number of fused-ring (bicyclic) bond motifs is 1. The van der Waals surface area contributed by atoms with E-state index in [0.717, 1.165) is 29.1 Å². The molecule has 2 aromatic heterocycles. The van der Waals surface area contributed by atoms with Crippen LogP contribution in [0.25, 0.3) is 5.69 Å². The van der Waals surface area contributed by atoms with E-state index in [9.17, 15) is 13.2 Å². The molecule has 0 spiro atoms. The number of ether oxygens (including phenoxy) is 2. The largest absolute Gasteiger partial charge is 0.488 e. The summed E-state index contributed by atoms with van der Waals surface area (Å²) in [6.07, 6.45) is 4.64. The molecule has 1 fully saturated rings. The minimum absolute atomic E-state index is 0.0159. The van der Waals surface area contributed by atoms with E-state index in [2.05, 4.69) is 15.4 Å². The molecule has 41 heavy (non-hydrogen) atoms. The Bertz CT molecular complexity index is 1700. The van der Waals surface area contributed by atoms with Crippen LogP contribution in [0.1, 0.15) is 65.8 Å². The first-order chi connectivity index (χ1) is 19.8. The molecule has 6 rings (SSSR count). The highest BCUT2D eigenvalue weighted by molar-refractivity contribution is 7.89. The molecule has 0 amide bonds. The van der Waals surface area contributed by atoms with Crippen molar-refractivity contribution in [3.8, 4) is 11.4 Å². The molecule has 11 nitrogen and oxygen atoms in total. The van der Waals surface area contributed by atoms with Gasteiger partial charge in [0.2, 0.25) is 10.0 Å². The third-order valence-electron chi connectivity index (χ3n) is 7.58. The fraction of sp³-hybridized carbons (Fsp3) is 0.379. The van der Waals surface area contributed by atoms with Gasteiger partial charge in [-0.1, -0.05) is 36.4 Å². The summed E-state index contributed by atoms with van der Waals surface area (Å²) < 4.78 is 43.7. The summed E-state index contributed by atoms with van der Waals surface area (Å²) in [5.74, 6) is 0.0889. The zero-order chi connectivity index (χ0) is 28.7. The summed E-state index contributed by atoms with van der Waals surface area (Å²) in [6, 6.07) is 14.4. The van der Waals surface area contributed by atoms with Gasteiger partial charge in [0.1, 0.15) is 22.3 Å². The SMILES string of the molecule is CCOC(=O)c1cnn(-c2cccc(CN3C[C@@H](CC)Oc4ccccc4S3(=O)=O)c2)c1[C@@H]1C[C@H]1c1cn(C)nn1. The molecular weight excluding hydrogens is 544 g/mol. The van der Waals surface area contributed by atoms with Gasteiger partial charge in [-0.15, -0.1) is 5.10 Å². The molecule has 214 valence electrons. The molecule has 3 atom stereocenters. The second-order valence-electron chi connectivity index (χ2n) is 10.4. The second kappa shape index (κ2) is 10.7. The van der Waals surface area contributed by atoms with Crippen molar-refractivity contribution >= 4 is 16.0 Å². The first-order valence-corrected chi connectivity index (χ1v) is 15.2. The number of hydrogen-bond acceptors (Lipinski definition) is 8. The van der Waals surface area contributed by atoms with Gasteiger partial charge in [0.15, 0.2) is 0 Å². The van der Waals surface area contributed by atoms with Gasteiger partial charge < -0.3 is 9.47 Å². The number of esters is 1. The molecule has 12 heteroatoms. The third kappa shape index (κ3) is 5.13. The van der Waals surface area contributed by atoms with Crippen LogP contribution in [0, 0.1) is 0 Å². The van der Waals surface area contributed by atoms with Crippen LogP contribution in [-0.2, 0) is 28.4 Å². The summed E-state index contributed by atoms with van der Waals surface area (Å²) >= 11 is 0. The lowest BCUT2D eigenvalue weighted by Gasteiger charge is -2.22. The Hall–Kier alpha value is -4.03. The molecule has 1 aliphatic heterocycles. The van der Waals surface area contributed by atoms with Crippen LogP contribution in [0.4, 0.5) is 0 Å². The van der Waals surface area contributed by atoms with E-state index < -0.39 is 16.0 Å². The Morgan fingerprint density at radius 1 is 1.12 bits per heavy atom. The van der Waals surface area contributed by atoms with E-state index in [0.29, 0.717) is 17.7 Å². The zero-order valence-electron chi connectivity index (χ0n) is 23.2. The monoisotopic (exact) mass is 576 g/mol. The number of hydrogen-bond donors (Lipinski definition) is 0. The Kier molecular flexibility index (Phi) is 7.12. The summed E-state index contributed by atoms with van der Waals surface area (Å²) in [5.41, 5.74) is 3.57. The number of rotatable bonds is 8. The molecule has 0 unspecified atom stereocenters. The third-order valence-corrected chi connectivity index (χ3v) is 9.43. The molecule has 1 aliphatic carbocycles. The van der Waals surface area contributed by atoms with Crippen LogP contribution in [0.2, 0.25) is 0 Å². The van der Waals surface area contributed by atoms with Crippen LogP contribution in [-0.4, -0.2) is 62.7 Å². The Balaban J connectivity index is 1.34. The number of sulfonamides is 1. The van der Waals surface area contributed by atoms with Crippen LogP contribution in [0.15, 0.2) is 65.8 Å². The zero-order valence-corrected chi connectivity index (χ0v) is 24.0. The molecule has 0 N–H and O–H groups in total. The average Bonchev–Trinajstić information content (AvgIpc) is 3.45. The summed E-state index contributed by atoms with van der Waals surface area (Å²) in [7, 11) is -1.96. The summed E-state index contributed by atoms with van der Waals surface area (Å²) in [5, 5.41) is 12.9. The quantitative estimate of drug-likeness (QED) is 0.290. The van der Waals surface area contributed by atoms with Crippen molar-refractivity contribution in [3.05, 3.63) is 83.4 Å². The van der Waals surface area contributed by atoms with Gasteiger partial charge in [0, 0.05) is 31.6 Å². The van der Waals surface area contributed by atoms with E-state index in [4.69, 9.17) is 9.47 Å². The van der Waals surface area contributed by atoms with Gasteiger partial charge in [-0.2, -0.15) is 9.40 Å². The standard InChI is InChI=1S/C29H32N6O5S/c1-4-21-17-34(41(37,38)27-12-7-6-11-26(27)40-21)16-19-9-8-10-20(13-19)35-28(24(15-30-35)29(36)39-5-2)23-14-22(23)25-18-33(3)32-31-25/h6-13,15,18,21-23H,4-5,14,16-17H2,1-3H3/t21-,22-,23-/m1/s1. The molecular formula is C29H32N6O5S. The molecule has 2 aromatic carbocycles. The van der Waals surface area contributed by atoms with Crippen LogP contribution >= 0.6 is 0 Å². The summed E-state index contributed by atoms with van der Waals surface area (Å²) in [6.45, 7) is 4.41. The highest BCUT2D eigenvalue weighted by atomic mass is 32.2. The number of carbonyl (C=O) groups is 1. The topological polar surface area (TPSA) is 121 Å². The minimum Gasteiger partial charge on any atom is -0.488 e. The minimum atomic E-state index is -3.79. The lowest BCUT2D eigenvalue weighted by Crippen LogP contribution is -2.36. The second-order valence-corrected chi connectivity index (χ2v) is 12.3. The highest BCUT2D eigenvalue weighted by Gasteiger charge is 2.46. The van der Waals surface area contributed by atoms with Crippen LogP contribution < -0.4 is 4.74 Å². The molecule has 0 bridgehead atoms. The number of aryl methyl sites for hydroxylation is 1. The highest BCUT2D eigenvalue weighted by Crippen LogP contribution is 2.55.